The smallest absolute Gasteiger partial charge is 0.244 e. The fraction of sp³-hybridized carbons (Fsp3) is 0.692. The molecule has 0 saturated heterocycles. The number of hydrogen-bond donors (Lipinski definition) is 2. The number of rotatable bonds is 6. The Kier molecular flexibility index (Phi) is 5.52. The quantitative estimate of drug-likeness (QED) is 0.812. The van der Waals surface area contributed by atoms with Crippen molar-refractivity contribution in [3.63, 3.8) is 0 Å². The number of sulfonamides is 1. The summed E-state index contributed by atoms with van der Waals surface area (Å²) in [5.41, 5.74) is 0.848. The van der Waals surface area contributed by atoms with E-state index >= 15 is 0 Å². The van der Waals surface area contributed by atoms with E-state index in [1.807, 2.05) is 13.8 Å². The van der Waals surface area contributed by atoms with Crippen LogP contribution in [-0.2, 0) is 14.8 Å². The molecule has 1 rings (SSSR count). The number of carbonyl (C=O) groups is 1. The molecule has 0 saturated carbocycles. The van der Waals surface area contributed by atoms with Crippen molar-refractivity contribution in [1.82, 2.24) is 19.8 Å². The molecule has 0 spiro atoms. The molecule has 0 fully saturated rings. The monoisotopic (exact) mass is 316 g/mol. The summed E-state index contributed by atoms with van der Waals surface area (Å²) >= 11 is 0. The lowest BCUT2D eigenvalue weighted by atomic mass is 10.0. The van der Waals surface area contributed by atoms with E-state index in [0.29, 0.717) is 17.8 Å². The van der Waals surface area contributed by atoms with Crippen molar-refractivity contribution in [2.24, 2.45) is 5.92 Å². The number of nitrogens with one attached hydrogen (secondary N) is 2. The van der Waals surface area contributed by atoms with Gasteiger partial charge in [-0.1, -0.05) is 13.8 Å². The van der Waals surface area contributed by atoms with Crippen molar-refractivity contribution in [3.05, 3.63) is 11.4 Å². The largest absolute Gasteiger partial charge is 0.347 e. The Hall–Kier alpha value is -1.41. The molecule has 8 heteroatoms. The van der Waals surface area contributed by atoms with Gasteiger partial charge >= 0.3 is 0 Å². The Labute approximate surface area is 126 Å². The standard InChI is InChI=1S/C13H24N4O3S/c1-8(2)7-11(13(18)17(5)6)16-21(19,20)12-9(3)14-15-10(12)4/h8,11,16H,7H2,1-6H3,(H,14,15). The fourth-order valence-corrected chi connectivity index (χ4v) is 3.74. The van der Waals surface area contributed by atoms with E-state index in [2.05, 4.69) is 14.9 Å². The highest BCUT2D eigenvalue weighted by Gasteiger charge is 2.30. The molecule has 21 heavy (non-hydrogen) atoms. The minimum absolute atomic E-state index is 0.114. The van der Waals surface area contributed by atoms with Crippen LogP contribution in [0.2, 0.25) is 0 Å². The van der Waals surface area contributed by atoms with Gasteiger partial charge in [0.25, 0.3) is 0 Å². The van der Waals surface area contributed by atoms with Crippen LogP contribution in [0.4, 0.5) is 0 Å². The van der Waals surface area contributed by atoms with Crippen LogP contribution in [0.15, 0.2) is 4.90 Å². The third-order valence-corrected chi connectivity index (χ3v) is 4.81. The Bertz CT molecular complexity index is 585. The molecule has 7 nitrogen and oxygen atoms in total. The van der Waals surface area contributed by atoms with Gasteiger partial charge in [0.1, 0.15) is 10.9 Å². The summed E-state index contributed by atoms with van der Waals surface area (Å²) < 4.78 is 27.5. The van der Waals surface area contributed by atoms with Gasteiger partial charge in [0, 0.05) is 14.1 Å². The van der Waals surface area contributed by atoms with E-state index < -0.39 is 16.1 Å². The number of aromatic amines is 1. The van der Waals surface area contributed by atoms with Crippen LogP contribution in [0.25, 0.3) is 0 Å². The molecule has 0 bridgehead atoms. The number of hydrogen-bond acceptors (Lipinski definition) is 4. The minimum atomic E-state index is -3.79. The van der Waals surface area contributed by atoms with Crippen LogP contribution in [0, 0.1) is 19.8 Å². The fourth-order valence-electron chi connectivity index (χ4n) is 2.17. The van der Waals surface area contributed by atoms with Crippen LogP contribution in [-0.4, -0.2) is 49.6 Å². The molecule has 0 aromatic carbocycles. The van der Waals surface area contributed by atoms with Crippen LogP contribution >= 0.6 is 0 Å². The van der Waals surface area contributed by atoms with Gasteiger partial charge in [-0.2, -0.15) is 9.82 Å². The summed E-state index contributed by atoms with van der Waals surface area (Å²) in [5, 5.41) is 6.54. The first-order valence-electron chi connectivity index (χ1n) is 6.81. The number of aryl methyl sites for hydroxylation is 2. The molecular weight excluding hydrogens is 292 g/mol. The zero-order valence-corrected chi connectivity index (χ0v) is 14.2. The average molecular weight is 316 g/mol. The van der Waals surface area contributed by atoms with Gasteiger partial charge in [0.15, 0.2) is 0 Å². The third-order valence-electron chi connectivity index (χ3n) is 3.07. The molecule has 1 atom stereocenters. The zero-order chi connectivity index (χ0) is 16.4. The minimum Gasteiger partial charge on any atom is -0.347 e. The maximum absolute atomic E-state index is 12.5. The first-order chi connectivity index (χ1) is 9.56. The molecule has 0 aliphatic heterocycles. The Balaban J connectivity index is 3.10. The van der Waals surface area contributed by atoms with Crippen LogP contribution < -0.4 is 4.72 Å². The second-order valence-electron chi connectivity index (χ2n) is 5.80. The molecule has 1 aromatic rings. The predicted molar refractivity (Wildman–Crippen MR) is 80.3 cm³/mol. The van der Waals surface area contributed by atoms with E-state index in [1.54, 1.807) is 27.9 Å². The van der Waals surface area contributed by atoms with Gasteiger partial charge in [-0.15, -0.1) is 0 Å². The molecule has 120 valence electrons. The number of amides is 1. The van der Waals surface area contributed by atoms with Crippen molar-refractivity contribution >= 4 is 15.9 Å². The van der Waals surface area contributed by atoms with Crippen molar-refractivity contribution < 1.29 is 13.2 Å². The lowest BCUT2D eigenvalue weighted by Crippen LogP contribution is -2.47. The van der Waals surface area contributed by atoms with Crippen LogP contribution in [0.3, 0.4) is 0 Å². The summed E-state index contributed by atoms with van der Waals surface area (Å²) in [4.78, 5) is 13.7. The lowest BCUT2D eigenvalue weighted by molar-refractivity contribution is -0.130. The highest BCUT2D eigenvalue weighted by molar-refractivity contribution is 7.89. The summed E-state index contributed by atoms with van der Waals surface area (Å²) in [6.45, 7) is 7.14. The van der Waals surface area contributed by atoms with E-state index in [0.717, 1.165) is 0 Å². The molecule has 1 aromatic heterocycles. The number of likely N-dealkylation sites (N-methyl/N-ethyl adjacent to an activating group) is 1. The number of aromatic nitrogens is 2. The highest BCUT2D eigenvalue weighted by atomic mass is 32.2. The van der Waals surface area contributed by atoms with Crippen LogP contribution in [0.5, 0.6) is 0 Å². The summed E-state index contributed by atoms with van der Waals surface area (Å²) in [7, 11) is -0.574. The van der Waals surface area contributed by atoms with Gasteiger partial charge in [0.2, 0.25) is 15.9 Å². The highest BCUT2D eigenvalue weighted by Crippen LogP contribution is 2.18. The number of carbonyl (C=O) groups excluding carboxylic acids is 1. The number of nitrogens with zero attached hydrogens (tertiary/aromatic N) is 2. The van der Waals surface area contributed by atoms with E-state index in [1.165, 1.54) is 4.90 Å². The lowest BCUT2D eigenvalue weighted by Gasteiger charge is -2.23. The Morgan fingerprint density at radius 2 is 1.90 bits per heavy atom. The summed E-state index contributed by atoms with van der Waals surface area (Å²) in [5.74, 6) is -0.0702. The molecule has 2 N–H and O–H groups in total. The maximum Gasteiger partial charge on any atom is 0.244 e. The second kappa shape index (κ2) is 6.57. The van der Waals surface area contributed by atoms with Gasteiger partial charge in [0.05, 0.1) is 11.4 Å². The maximum atomic E-state index is 12.5. The van der Waals surface area contributed by atoms with Gasteiger partial charge in [-0.25, -0.2) is 8.42 Å². The van der Waals surface area contributed by atoms with Crippen LogP contribution in [0.1, 0.15) is 31.7 Å². The number of H-pyrrole nitrogens is 1. The molecule has 0 aliphatic carbocycles. The van der Waals surface area contributed by atoms with Crippen molar-refractivity contribution in [2.45, 2.75) is 45.1 Å². The van der Waals surface area contributed by atoms with E-state index in [4.69, 9.17) is 0 Å². The Morgan fingerprint density at radius 1 is 1.33 bits per heavy atom. The summed E-state index contributed by atoms with van der Waals surface area (Å²) in [6, 6.07) is -0.779. The molecule has 0 aliphatic rings. The zero-order valence-electron chi connectivity index (χ0n) is 13.4. The first kappa shape index (κ1) is 17.6. The van der Waals surface area contributed by atoms with Gasteiger partial charge in [-0.3, -0.25) is 9.89 Å². The normalized spacial score (nSPS) is 13.5. The topological polar surface area (TPSA) is 95.2 Å². The summed E-state index contributed by atoms with van der Waals surface area (Å²) in [6.07, 6.45) is 0.437. The molecule has 0 radical (unpaired) electrons. The molecule has 1 heterocycles. The Morgan fingerprint density at radius 3 is 2.29 bits per heavy atom. The van der Waals surface area contributed by atoms with Crippen molar-refractivity contribution in [1.29, 1.82) is 0 Å². The van der Waals surface area contributed by atoms with Gasteiger partial charge < -0.3 is 4.90 Å². The third kappa shape index (κ3) is 4.28. The van der Waals surface area contributed by atoms with Gasteiger partial charge in [-0.05, 0) is 26.2 Å². The van der Waals surface area contributed by atoms with E-state index in [-0.39, 0.29) is 16.7 Å². The average Bonchev–Trinajstić information content (AvgIpc) is 2.66. The SMILES string of the molecule is Cc1n[nH]c(C)c1S(=O)(=O)NC(CC(C)C)C(=O)N(C)C. The second-order valence-corrected chi connectivity index (χ2v) is 7.45. The molecule has 1 unspecified atom stereocenters. The molecule has 1 amide bonds. The van der Waals surface area contributed by atoms with Crippen molar-refractivity contribution in [2.75, 3.05) is 14.1 Å². The molecular formula is C13H24N4O3S. The predicted octanol–water partition coefficient (Wildman–Crippen LogP) is 0.808. The van der Waals surface area contributed by atoms with Crippen molar-refractivity contribution in [3.8, 4) is 0 Å². The first-order valence-corrected chi connectivity index (χ1v) is 8.29. The van der Waals surface area contributed by atoms with E-state index in [9.17, 15) is 13.2 Å².